The van der Waals surface area contributed by atoms with Crippen molar-refractivity contribution in [2.24, 2.45) is 0 Å². The van der Waals surface area contributed by atoms with Gasteiger partial charge >= 0.3 is 6.18 Å². The van der Waals surface area contributed by atoms with E-state index in [1.807, 2.05) is 13.0 Å². The maximum absolute atomic E-state index is 12.7. The minimum Gasteiger partial charge on any atom is -0.495 e. The van der Waals surface area contributed by atoms with Crippen molar-refractivity contribution in [2.75, 3.05) is 12.4 Å². The van der Waals surface area contributed by atoms with Crippen molar-refractivity contribution in [3.05, 3.63) is 53.6 Å². The van der Waals surface area contributed by atoms with Gasteiger partial charge in [0.05, 0.1) is 18.4 Å². The topological polar surface area (TPSA) is 47.6 Å². The molecule has 0 aliphatic rings. The Balaban J connectivity index is 2.10. The monoisotopic (exact) mass is 353 g/mol. The number of hydrogen-bond acceptors (Lipinski definition) is 3. The Morgan fingerprint density at radius 3 is 2.52 bits per heavy atom. The molecule has 0 unspecified atom stereocenters. The molecule has 0 radical (unpaired) electrons. The molecule has 2 rings (SSSR count). The van der Waals surface area contributed by atoms with Crippen molar-refractivity contribution in [3.63, 3.8) is 0 Å². The summed E-state index contributed by atoms with van der Waals surface area (Å²) in [6.45, 7) is 3.32. The van der Waals surface area contributed by atoms with Crippen molar-refractivity contribution in [1.29, 1.82) is 0 Å². The molecule has 0 spiro atoms. The molecule has 7 heteroatoms. The van der Waals surface area contributed by atoms with Gasteiger partial charge in [-0.3, -0.25) is 4.79 Å². The van der Waals surface area contributed by atoms with Crippen LogP contribution in [0.5, 0.6) is 11.5 Å². The van der Waals surface area contributed by atoms with E-state index in [1.165, 1.54) is 26.2 Å². The Morgan fingerprint density at radius 1 is 1.16 bits per heavy atom. The minimum atomic E-state index is -4.47. The van der Waals surface area contributed by atoms with Crippen molar-refractivity contribution in [1.82, 2.24) is 0 Å². The molecule has 0 aliphatic carbocycles. The van der Waals surface area contributed by atoms with Crippen LogP contribution in [-0.2, 0) is 11.0 Å². The molecular weight excluding hydrogens is 335 g/mol. The number of amides is 1. The van der Waals surface area contributed by atoms with E-state index in [2.05, 4.69) is 5.32 Å². The molecule has 0 bridgehead atoms. The highest BCUT2D eigenvalue weighted by Crippen LogP contribution is 2.31. The Bertz CT molecular complexity index is 759. The largest absolute Gasteiger partial charge is 0.495 e. The van der Waals surface area contributed by atoms with Crippen molar-refractivity contribution in [3.8, 4) is 11.5 Å². The first-order valence-corrected chi connectivity index (χ1v) is 7.50. The Morgan fingerprint density at radius 2 is 1.88 bits per heavy atom. The number of halogens is 3. The first kappa shape index (κ1) is 18.6. The van der Waals surface area contributed by atoms with E-state index in [9.17, 15) is 18.0 Å². The molecule has 1 N–H and O–H groups in total. The summed E-state index contributed by atoms with van der Waals surface area (Å²) in [6.07, 6.45) is -5.46. The van der Waals surface area contributed by atoms with Crippen LogP contribution in [0.15, 0.2) is 42.5 Å². The number of benzene rings is 2. The molecule has 0 saturated carbocycles. The smallest absolute Gasteiger partial charge is 0.416 e. The Labute approximate surface area is 143 Å². The number of ether oxygens (including phenoxy) is 2. The summed E-state index contributed by atoms with van der Waals surface area (Å²) < 4.78 is 48.7. The highest BCUT2D eigenvalue weighted by atomic mass is 19.4. The molecule has 0 fully saturated rings. The van der Waals surface area contributed by atoms with Gasteiger partial charge in [-0.1, -0.05) is 12.1 Å². The zero-order valence-electron chi connectivity index (χ0n) is 14.0. The first-order chi connectivity index (χ1) is 11.7. The van der Waals surface area contributed by atoms with Crippen molar-refractivity contribution < 1.29 is 27.4 Å². The number of rotatable bonds is 5. The standard InChI is InChI=1S/C18H18F3NO3/c1-11-7-8-16(24-3)15(9-11)22-17(23)12(2)25-14-6-4-5-13(10-14)18(19,20)21/h4-10,12H,1-3H3,(H,22,23)/t12-/m1/s1. The van der Waals surface area contributed by atoms with Gasteiger partial charge in [-0.25, -0.2) is 0 Å². The number of carbonyl (C=O) groups is 1. The summed E-state index contributed by atoms with van der Waals surface area (Å²) in [5, 5.41) is 2.66. The van der Waals surface area contributed by atoms with Crippen LogP contribution in [0.25, 0.3) is 0 Å². The van der Waals surface area contributed by atoms with Crippen molar-refractivity contribution >= 4 is 11.6 Å². The maximum Gasteiger partial charge on any atom is 0.416 e. The second-order valence-electron chi connectivity index (χ2n) is 5.48. The average molecular weight is 353 g/mol. The summed E-state index contributed by atoms with van der Waals surface area (Å²) in [7, 11) is 1.48. The van der Waals surface area contributed by atoms with Gasteiger partial charge in [0.25, 0.3) is 5.91 Å². The number of anilines is 1. The Hall–Kier alpha value is -2.70. The molecule has 0 aliphatic heterocycles. The zero-order valence-corrected chi connectivity index (χ0v) is 14.0. The first-order valence-electron chi connectivity index (χ1n) is 7.50. The molecule has 0 aromatic heterocycles. The summed E-state index contributed by atoms with van der Waals surface area (Å²) >= 11 is 0. The van der Waals surface area contributed by atoms with E-state index >= 15 is 0 Å². The van der Waals surface area contributed by atoms with Crippen LogP contribution in [-0.4, -0.2) is 19.1 Å². The van der Waals surface area contributed by atoms with E-state index in [0.717, 1.165) is 17.7 Å². The SMILES string of the molecule is COc1ccc(C)cc1NC(=O)[C@@H](C)Oc1cccc(C(F)(F)F)c1. The number of methoxy groups -OCH3 is 1. The third kappa shape index (κ3) is 4.89. The van der Waals surface area contributed by atoms with Crippen LogP contribution in [0, 0.1) is 6.92 Å². The maximum atomic E-state index is 12.7. The number of aryl methyl sites for hydroxylation is 1. The summed E-state index contributed by atoms with van der Waals surface area (Å²) in [5.41, 5.74) is 0.549. The number of carbonyl (C=O) groups excluding carboxylic acids is 1. The van der Waals surface area contributed by atoms with Crippen LogP contribution in [0.3, 0.4) is 0 Å². The average Bonchev–Trinajstić information content (AvgIpc) is 2.54. The molecule has 0 saturated heterocycles. The van der Waals surface area contributed by atoms with E-state index in [4.69, 9.17) is 9.47 Å². The van der Waals surface area contributed by atoms with Gasteiger partial charge in [-0.05, 0) is 49.7 Å². The molecule has 1 amide bonds. The van der Waals surface area contributed by atoms with E-state index in [1.54, 1.807) is 12.1 Å². The normalized spacial score (nSPS) is 12.4. The lowest BCUT2D eigenvalue weighted by molar-refractivity contribution is -0.137. The fourth-order valence-corrected chi connectivity index (χ4v) is 2.16. The lowest BCUT2D eigenvalue weighted by Gasteiger charge is -2.17. The molecule has 0 heterocycles. The van der Waals surface area contributed by atoms with E-state index in [0.29, 0.717) is 11.4 Å². The van der Waals surface area contributed by atoms with E-state index < -0.39 is 23.8 Å². The van der Waals surface area contributed by atoms with Crippen LogP contribution < -0.4 is 14.8 Å². The fourth-order valence-electron chi connectivity index (χ4n) is 2.16. The lowest BCUT2D eigenvalue weighted by Crippen LogP contribution is -2.30. The molecule has 134 valence electrons. The number of nitrogens with one attached hydrogen (secondary N) is 1. The molecule has 2 aromatic carbocycles. The lowest BCUT2D eigenvalue weighted by atomic mass is 10.2. The third-order valence-corrected chi connectivity index (χ3v) is 3.46. The highest BCUT2D eigenvalue weighted by molar-refractivity contribution is 5.95. The van der Waals surface area contributed by atoms with Crippen LogP contribution in [0.2, 0.25) is 0 Å². The number of alkyl halides is 3. The summed E-state index contributed by atoms with van der Waals surface area (Å²) in [6, 6.07) is 9.67. The predicted octanol–water partition coefficient (Wildman–Crippen LogP) is 4.43. The second-order valence-corrected chi connectivity index (χ2v) is 5.48. The predicted molar refractivity (Wildman–Crippen MR) is 87.9 cm³/mol. The summed E-state index contributed by atoms with van der Waals surface area (Å²) in [5.74, 6) is -0.0554. The van der Waals surface area contributed by atoms with Crippen LogP contribution in [0.1, 0.15) is 18.1 Å². The van der Waals surface area contributed by atoms with Gasteiger partial charge in [0.15, 0.2) is 6.10 Å². The van der Waals surface area contributed by atoms with Gasteiger partial charge in [0.2, 0.25) is 0 Å². The highest BCUT2D eigenvalue weighted by Gasteiger charge is 2.31. The molecule has 25 heavy (non-hydrogen) atoms. The van der Waals surface area contributed by atoms with Gasteiger partial charge in [0, 0.05) is 0 Å². The Kier molecular flexibility index (Phi) is 5.56. The van der Waals surface area contributed by atoms with Gasteiger partial charge in [-0.2, -0.15) is 13.2 Å². The van der Waals surface area contributed by atoms with Gasteiger partial charge in [-0.15, -0.1) is 0 Å². The molecule has 1 atom stereocenters. The van der Waals surface area contributed by atoms with Crippen molar-refractivity contribution in [2.45, 2.75) is 26.1 Å². The molecular formula is C18H18F3NO3. The minimum absolute atomic E-state index is 0.0336. The zero-order chi connectivity index (χ0) is 18.6. The third-order valence-electron chi connectivity index (χ3n) is 3.46. The quantitative estimate of drug-likeness (QED) is 0.865. The van der Waals surface area contributed by atoms with Crippen LogP contribution in [0.4, 0.5) is 18.9 Å². The fraction of sp³-hybridized carbons (Fsp3) is 0.278. The van der Waals surface area contributed by atoms with Gasteiger partial charge < -0.3 is 14.8 Å². The van der Waals surface area contributed by atoms with E-state index in [-0.39, 0.29) is 5.75 Å². The number of hydrogen-bond donors (Lipinski definition) is 1. The van der Waals surface area contributed by atoms with Crippen LogP contribution >= 0.6 is 0 Å². The molecule has 2 aromatic rings. The summed E-state index contributed by atoms with van der Waals surface area (Å²) in [4.78, 5) is 12.3. The van der Waals surface area contributed by atoms with Gasteiger partial charge in [0.1, 0.15) is 11.5 Å². The molecule has 4 nitrogen and oxygen atoms in total. The second kappa shape index (κ2) is 7.46.